The standard InChI is InChI=1S/C11H15FN2O2/c1-2-3-16-7-8-4-9(11(13)14-15)6-10(12)5-8/h4-6,15H,2-3,7H2,1H3,(H2,13,14). The van der Waals surface area contributed by atoms with Crippen molar-refractivity contribution in [2.45, 2.75) is 20.0 Å². The van der Waals surface area contributed by atoms with E-state index in [2.05, 4.69) is 5.16 Å². The first-order valence-electron chi connectivity index (χ1n) is 5.02. The van der Waals surface area contributed by atoms with E-state index >= 15 is 0 Å². The fraction of sp³-hybridized carbons (Fsp3) is 0.364. The lowest BCUT2D eigenvalue weighted by Gasteiger charge is -2.05. The Kier molecular flexibility index (Phi) is 4.72. The normalized spacial score (nSPS) is 11.8. The van der Waals surface area contributed by atoms with Crippen LogP contribution in [-0.4, -0.2) is 17.6 Å². The first-order chi connectivity index (χ1) is 7.67. The van der Waals surface area contributed by atoms with Gasteiger partial charge in [-0.15, -0.1) is 0 Å². The molecular formula is C11H15FN2O2. The van der Waals surface area contributed by atoms with Crippen molar-refractivity contribution in [3.63, 3.8) is 0 Å². The maximum atomic E-state index is 13.2. The highest BCUT2D eigenvalue weighted by Crippen LogP contribution is 2.10. The zero-order valence-electron chi connectivity index (χ0n) is 9.11. The van der Waals surface area contributed by atoms with Crippen LogP contribution in [0.3, 0.4) is 0 Å². The zero-order chi connectivity index (χ0) is 12.0. The Bertz CT molecular complexity index is 380. The van der Waals surface area contributed by atoms with Crippen LogP contribution in [0.2, 0.25) is 0 Å². The van der Waals surface area contributed by atoms with Crippen molar-refractivity contribution < 1.29 is 14.3 Å². The van der Waals surface area contributed by atoms with Crippen LogP contribution in [0.1, 0.15) is 24.5 Å². The number of halogens is 1. The molecule has 0 bridgehead atoms. The SMILES string of the molecule is CCCOCc1cc(F)cc(/C(N)=N/O)c1. The Morgan fingerprint density at radius 1 is 1.50 bits per heavy atom. The molecule has 3 N–H and O–H groups in total. The molecule has 1 aromatic carbocycles. The molecule has 4 nitrogen and oxygen atoms in total. The molecule has 0 heterocycles. The highest BCUT2D eigenvalue weighted by molar-refractivity contribution is 5.97. The topological polar surface area (TPSA) is 67.8 Å². The third kappa shape index (κ3) is 3.51. The molecule has 0 amide bonds. The van der Waals surface area contributed by atoms with E-state index in [4.69, 9.17) is 15.7 Å². The molecule has 5 heteroatoms. The lowest BCUT2D eigenvalue weighted by molar-refractivity contribution is 0.121. The van der Waals surface area contributed by atoms with E-state index in [0.29, 0.717) is 24.3 Å². The number of benzene rings is 1. The smallest absolute Gasteiger partial charge is 0.170 e. The number of hydrogen-bond donors (Lipinski definition) is 2. The highest BCUT2D eigenvalue weighted by atomic mass is 19.1. The fourth-order valence-electron chi connectivity index (χ4n) is 1.27. The van der Waals surface area contributed by atoms with E-state index in [-0.39, 0.29) is 5.84 Å². The van der Waals surface area contributed by atoms with Crippen LogP contribution >= 0.6 is 0 Å². The van der Waals surface area contributed by atoms with Gasteiger partial charge in [0, 0.05) is 12.2 Å². The molecule has 0 saturated carbocycles. The molecule has 0 spiro atoms. The first kappa shape index (κ1) is 12.4. The predicted octanol–water partition coefficient (Wildman–Crippen LogP) is 1.85. The van der Waals surface area contributed by atoms with Gasteiger partial charge in [0.25, 0.3) is 0 Å². The molecule has 0 aliphatic carbocycles. The molecule has 1 aromatic rings. The van der Waals surface area contributed by atoms with Gasteiger partial charge < -0.3 is 15.7 Å². The summed E-state index contributed by atoms with van der Waals surface area (Å²) in [5.41, 5.74) is 6.39. The van der Waals surface area contributed by atoms with Crippen molar-refractivity contribution in [3.05, 3.63) is 35.1 Å². The van der Waals surface area contributed by atoms with Gasteiger partial charge in [0.2, 0.25) is 0 Å². The summed E-state index contributed by atoms with van der Waals surface area (Å²) in [6, 6.07) is 4.20. The molecule has 0 aliphatic heterocycles. The van der Waals surface area contributed by atoms with Gasteiger partial charge in [-0.25, -0.2) is 4.39 Å². The summed E-state index contributed by atoms with van der Waals surface area (Å²) in [6.07, 6.45) is 0.905. The minimum atomic E-state index is -0.431. The summed E-state index contributed by atoms with van der Waals surface area (Å²) in [4.78, 5) is 0. The van der Waals surface area contributed by atoms with Crippen LogP contribution in [0.15, 0.2) is 23.4 Å². The number of oxime groups is 1. The van der Waals surface area contributed by atoms with Crippen molar-refractivity contribution in [2.75, 3.05) is 6.61 Å². The van der Waals surface area contributed by atoms with Crippen molar-refractivity contribution >= 4 is 5.84 Å². The Morgan fingerprint density at radius 3 is 2.88 bits per heavy atom. The van der Waals surface area contributed by atoms with Crippen LogP contribution in [0.4, 0.5) is 4.39 Å². The second-order valence-corrected chi connectivity index (χ2v) is 3.39. The molecule has 0 radical (unpaired) electrons. The van der Waals surface area contributed by atoms with Crippen molar-refractivity contribution in [1.29, 1.82) is 0 Å². The number of hydrogen-bond acceptors (Lipinski definition) is 3. The Hall–Kier alpha value is -1.62. The summed E-state index contributed by atoms with van der Waals surface area (Å²) in [7, 11) is 0. The van der Waals surface area contributed by atoms with Crippen LogP contribution in [0.5, 0.6) is 0 Å². The van der Waals surface area contributed by atoms with Crippen LogP contribution < -0.4 is 5.73 Å². The molecule has 16 heavy (non-hydrogen) atoms. The average Bonchev–Trinajstić information content (AvgIpc) is 2.27. The van der Waals surface area contributed by atoms with Crippen molar-refractivity contribution in [1.82, 2.24) is 0 Å². The van der Waals surface area contributed by atoms with Gasteiger partial charge in [-0.1, -0.05) is 12.1 Å². The minimum absolute atomic E-state index is 0.115. The second kappa shape index (κ2) is 6.07. The molecule has 88 valence electrons. The Balaban J connectivity index is 2.82. The van der Waals surface area contributed by atoms with E-state index in [1.165, 1.54) is 12.1 Å². The summed E-state index contributed by atoms with van der Waals surface area (Å²) in [5.74, 6) is -0.546. The highest BCUT2D eigenvalue weighted by Gasteiger charge is 2.04. The van der Waals surface area contributed by atoms with Gasteiger partial charge in [0.1, 0.15) is 5.82 Å². The maximum absolute atomic E-state index is 13.2. The fourth-order valence-corrected chi connectivity index (χ4v) is 1.27. The predicted molar refractivity (Wildman–Crippen MR) is 58.9 cm³/mol. The largest absolute Gasteiger partial charge is 0.409 e. The lowest BCUT2D eigenvalue weighted by Crippen LogP contribution is -2.14. The van der Waals surface area contributed by atoms with Gasteiger partial charge in [-0.2, -0.15) is 0 Å². The van der Waals surface area contributed by atoms with Crippen LogP contribution in [-0.2, 0) is 11.3 Å². The third-order valence-electron chi connectivity index (χ3n) is 1.98. The molecule has 0 aromatic heterocycles. The van der Waals surface area contributed by atoms with E-state index in [1.807, 2.05) is 6.92 Å². The molecule has 0 saturated heterocycles. The monoisotopic (exact) mass is 226 g/mol. The molecule has 1 rings (SSSR count). The molecular weight excluding hydrogens is 211 g/mol. The Morgan fingerprint density at radius 2 is 2.25 bits per heavy atom. The number of ether oxygens (including phenoxy) is 1. The van der Waals surface area contributed by atoms with Gasteiger partial charge in [0.15, 0.2) is 5.84 Å². The Labute approximate surface area is 93.5 Å². The van der Waals surface area contributed by atoms with Crippen LogP contribution in [0.25, 0.3) is 0 Å². The number of nitrogens with zero attached hydrogens (tertiary/aromatic N) is 1. The summed E-state index contributed by atoms with van der Waals surface area (Å²) < 4.78 is 18.5. The maximum Gasteiger partial charge on any atom is 0.170 e. The van der Waals surface area contributed by atoms with Crippen molar-refractivity contribution in [2.24, 2.45) is 10.9 Å². The van der Waals surface area contributed by atoms with E-state index in [1.54, 1.807) is 6.07 Å². The zero-order valence-corrected chi connectivity index (χ0v) is 9.11. The average molecular weight is 226 g/mol. The summed E-state index contributed by atoms with van der Waals surface area (Å²) in [6.45, 7) is 2.93. The first-order valence-corrected chi connectivity index (χ1v) is 5.02. The summed E-state index contributed by atoms with van der Waals surface area (Å²) >= 11 is 0. The van der Waals surface area contributed by atoms with E-state index < -0.39 is 5.82 Å². The third-order valence-corrected chi connectivity index (χ3v) is 1.98. The number of nitrogens with two attached hydrogens (primary N) is 1. The molecule has 0 unspecified atom stereocenters. The summed E-state index contributed by atoms with van der Waals surface area (Å²) in [5, 5.41) is 11.3. The van der Waals surface area contributed by atoms with Gasteiger partial charge in [0.05, 0.1) is 6.61 Å². The molecule has 0 atom stereocenters. The van der Waals surface area contributed by atoms with E-state index in [0.717, 1.165) is 6.42 Å². The quantitative estimate of drug-likeness (QED) is 0.265. The number of rotatable bonds is 5. The minimum Gasteiger partial charge on any atom is -0.409 e. The van der Waals surface area contributed by atoms with Crippen LogP contribution in [0, 0.1) is 5.82 Å². The van der Waals surface area contributed by atoms with Gasteiger partial charge in [-0.05, 0) is 30.2 Å². The lowest BCUT2D eigenvalue weighted by atomic mass is 10.1. The number of amidine groups is 1. The second-order valence-electron chi connectivity index (χ2n) is 3.39. The van der Waals surface area contributed by atoms with Gasteiger partial charge >= 0.3 is 0 Å². The molecule has 0 aliphatic rings. The van der Waals surface area contributed by atoms with Crippen molar-refractivity contribution in [3.8, 4) is 0 Å². The van der Waals surface area contributed by atoms with Gasteiger partial charge in [-0.3, -0.25) is 0 Å². The molecule has 0 fully saturated rings. The van der Waals surface area contributed by atoms with E-state index in [9.17, 15) is 4.39 Å².